The van der Waals surface area contributed by atoms with E-state index in [1.807, 2.05) is 42.5 Å². The van der Waals surface area contributed by atoms with Gasteiger partial charge in [0, 0.05) is 0 Å². The van der Waals surface area contributed by atoms with Crippen LogP contribution in [0.1, 0.15) is 40.2 Å². The van der Waals surface area contributed by atoms with Crippen molar-refractivity contribution in [3.05, 3.63) is 96.6 Å². The summed E-state index contributed by atoms with van der Waals surface area (Å²) in [4.78, 5) is 12.7. The van der Waals surface area contributed by atoms with Crippen molar-refractivity contribution < 1.29 is 14.0 Å². The lowest BCUT2D eigenvalue weighted by molar-refractivity contribution is 0.0787. The van der Waals surface area contributed by atoms with Gasteiger partial charge in [0.15, 0.2) is 0 Å². The molecule has 0 fully saturated rings. The molecule has 3 rings (SSSR count). The lowest BCUT2D eigenvalue weighted by Gasteiger charge is -2.45. The second-order valence-corrected chi connectivity index (χ2v) is 13.9. The first-order valence-corrected chi connectivity index (χ1v) is 13.4. The van der Waals surface area contributed by atoms with Gasteiger partial charge < -0.3 is 9.16 Å². The standard InChI is InChI=1S/C28H35NO3Si/c1-22(2)26(29-27(30)31-21-23-15-9-6-10-16-23)32-33(28(3,4)5,24-17-11-7-12-18-24)25-19-13-8-14-20-25/h6-20,22,26H,21H2,1-5H3,(H,29,30)/t26-/m0/s1. The summed E-state index contributed by atoms with van der Waals surface area (Å²) in [6, 6.07) is 30.5. The molecule has 33 heavy (non-hydrogen) atoms. The van der Waals surface area contributed by atoms with E-state index >= 15 is 0 Å². The van der Waals surface area contributed by atoms with Crippen molar-refractivity contribution in [2.75, 3.05) is 0 Å². The SMILES string of the molecule is CC(C)[C@@H](NC(=O)OCc1ccccc1)O[Si](c1ccccc1)(c1ccccc1)C(C)(C)C. The summed E-state index contributed by atoms with van der Waals surface area (Å²) in [5.74, 6) is 0.0518. The Morgan fingerprint density at radius 2 is 1.27 bits per heavy atom. The zero-order valence-electron chi connectivity index (χ0n) is 20.2. The Kier molecular flexibility index (Phi) is 8.11. The van der Waals surface area contributed by atoms with Gasteiger partial charge in [0.05, 0.1) is 0 Å². The molecule has 0 saturated heterocycles. The van der Waals surface area contributed by atoms with Gasteiger partial charge in [-0.3, -0.25) is 5.32 Å². The van der Waals surface area contributed by atoms with E-state index in [1.54, 1.807) is 0 Å². The zero-order valence-corrected chi connectivity index (χ0v) is 21.2. The van der Waals surface area contributed by atoms with Crippen molar-refractivity contribution in [2.24, 2.45) is 5.92 Å². The molecule has 0 unspecified atom stereocenters. The first kappa shape index (κ1) is 24.7. The third-order valence-corrected chi connectivity index (χ3v) is 10.8. The third-order valence-electron chi connectivity index (χ3n) is 5.80. The minimum absolute atomic E-state index is 0.0518. The number of rotatable bonds is 8. The Labute approximate surface area is 199 Å². The summed E-state index contributed by atoms with van der Waals surface area (Å²) >= 11 is 0. The molecule has 0 spiro atoms. The molecule has 0 aromatic heterocycles. The van der Waals surface area contributed by atoms with E-state index in [0.29, 0.717) is 0 Å². The van der Waals surface area contributed by atoms with Crippen LogP contribution in [0.2, 0.25) is 5.04 Å². The average molecular weight is 462 g/mol. The predicted octanol–water partition coefficient (Wildman–Crippen LogP) is 5.47. The maximum absolute atomic E-state index is 12.7. The Morgan fingerprint density at radius 3 is 1.70 bits per heavy atom. The number of benzene rings is 3. The summed E-state index contributed by atoms with van der Waals surface area (Å²) < 4.78 is 12.6. The van der Waals surface area contributed by atoms with Crippen LogP contribution in [-0.2, 0) is 15.8 Å². The molecule has 0 radical (unpaired) electrons. The van der Waals surface area contributed by atoms with Crippen LogP contribution in [-0.4, -0.2) is 20.6 Å². The fraction of sp³-hybridized carbons (Fsp3) is 0.321. The van der Waals surface area contributed by atoms with Crippen molar-refractivity contribution in [1.82, 2.24) is 5.32 Å². The third kappa shape index (κ3) is 5.92. The van der Waals surface area contributed by atoms with Gasteiger partial charge in [0.25, 0.3) is 8.32 Å². The normalized spacial score (nSPS) is 12.9. The van der Waals surface area contributed by atoms with Crippen molar-refractivity contribution in [3.8, 4) is 0 Å². The molecule has 3 aromatic carbocycles. The predicted molar refractivity (Wildman–Crippen MR) is 137 cm³/mol. The van der Waals surface area contributed by atoms with Crippen LogP contribution < -0.4 is 15.7 Å². The van der Waals surface area contributed by atoms with Crippen LogP contribution in [0.3, 0.4) is 0 Å². The Hall–Kier alpha value is -2.89. The molecule has 0 aliphatic rings. The summed E-state index contributed by atoms with van der Waals surface area (Å²) in [5, 5.41) is 5.17. The Bertz CT molecular complexity index is 962. The molecule has 0 aliphatic heterocycles. The molecule has 1 atom stereocenters. The van der Waals surface area contributed by atoms with Gasteiger partial charge in [-0.05, 0) is 26.9 Å². The minimum Gasteiger partial charge on any atom is -0.445 e. The first-order valence-electron chi connectivity index (χ1n) is 11.5. The quantitative estimate of drug-likeness (QED) is 0.357. The van der Waals surface area contributed by atoms with Gasteiger partial charge in [-0.1, -0.05) is 126 Å². The Morgan fingerprint density at radius 1 is 0.818 bits per heavy atom. The van der Waals surface area contributed by atoms with Crippen LogP contribution in [0.4, 0.5) is 4.79 Å². The topological polar surface area (TPSA) is 47.6 Å². The van der Waals surface area contributed by atoms with E-state index in [1.165, 1.54) is 10.4 Å². The van der Waals surface area contributed by atoms with Crippen LogP contribution in [0.25, 0.3) is 0 Å². The first-order chi connectivity index (χ1) is 15.7. The maximum atomic E-state index is 12.7. The molecule has 3 aromatic rings. The number of amides is 1. The molecule has 0 saturated carbocycles. The fourth-order valence-electron chi connectivity index (χ4n) is 4.09. The molecule has 5 heteroatoms. The second kappa shape index (κ2) is 10.8. The number of hydrogen-bond donors (Lipinski definition) is 1. The summed E-state index contributed by atoms with van der Waals surface area (Å²) in [5.41, 5.74) is 0.946. The van der Waals surface area contributed by atoms with Crippen molar-refractivity contribution >= 4 is 24.8 Å². The average Bonchev–Trinajstić information content (AvgIpc) is 2.81. The summed E-state index contributed by atoms with van der Waals surface area (Å²) in [6.07, 6.45) is -0.977. The van der Waals surface area contributed by atoms with Crippen molar-refractivity contribution in [3.63, 3.8) is 0 Å². The molecular weight excluding hydrogens is 426 g/mol. The Balaban J connectivity index is 1.93. The van der Waals surface area contributed by atoms with E-state index < -0.39 is 20.6 Å². The number of alkyl carbamates (subject to hydrolysis) is 1. The number of ether oxygens (including phenoxy) is 1. The number of carbonyl (C=O) groups excluding carboxylic acids is 1. The monoisotopic (exact) mass is 461 g/mol. The highest BCUT2D eigenvalue weighted by Gasteiger charge is 2.52. The molecule has 0 bridgehead atoms. The van der Waals surface area contributed by atoms with E-state index in [9.17, 15) is 4.79 Å². The smallest absolute Gasteiger partial charge is 0.409 e. The molecule has 1 amide bonds. The van der Waals surface area contributed by atoms with Crippen molar-refractivity contribution in [1.29, 1.82) is 0 Å². The van der Waals surface area contributed by atoms with Crippen molar-refractivity contribution in [2.45, 2.75) is 52.5 Å². The highest BCUT2D eigenvalue weighted by atomic mass is 28.4. The summed E-state index contributed by atoms with van der Waals surface area (Å²) in [7, 11) is -2.80. The van der Waals surface area contributed by atoms with Gasteiger partial charge >= 0.3 is 6.09 Å². The van der Waals surface area contributed by atoms with Crippen LogP contribution in [0.15, 0.2) is 91.0 Å². The largest absolute Gasteiger partial charge is 0.445 e. The zero-order chi connectivity index (χ0) is 23.9. The maximum Gasteiger partial charge on any atom is 0.409 e. The lowest BCUT2D eigenvalue weighted by Crippen LogP contribution is -2.69. The minimum atomic E-state index is -2.80. The van der Waals surface area contributed by atoms with E-state index in [0.717, 1.165) is 5.56 Å². The molecular formula is C28H35NO3Si. The van der Waals surface area contributed by atoms with Crippen LogP contribution in [0, 0.1) is 5.92 Å². The van der Waals surface area contributed by atoms with E-state index in [2.05, 4.69) is 88.5 Å². The van der Waals surface area contributed by atoms with Crippen LogP contribution >= 0.6 is 0 Å². The molecule has 174 valence electrons. The van der Waals surface area contributed by atoms with Gasteiger partial charge in [-0.15, -0.1) is 0 Å². The van der Waals surface area contributed by atoms with Gasteiger partial charge in [0.2, 0.25) is 0 Å². The van der Waals surface area contributed by atoms with Gasteiger partial charge in [-0.2, -0.15) is 0 Å². The van der Waals surface area contributed by atoms with Gasteiger partial charge in [-0.25, -0.2) is 4.79 Å². The highest BCUT2D eigenvalue weighted by Crippen LogP contribution is 2.38. The molecule has 1 N–H and O–H groups in total. The highest BCUT2D eigenvalue weighted by molar-refractivity contribution is 6.99. The number of carbonyl (C=O) groups is 1. The number of nitrogens with one attached hydrogen (secondary N) is 1. The van der Waals surface area contributed by atoms with E-state index in [-0.39, 0.29) is 17.6 Å². The van der Waals surface area contributed by atoms with E-state index in [4.69, 9.17) is 9.16 Å². The molecule has 4 nitrogen and oxygen atoms in total. The summed E-state index contributed by atoms with van der Waals surface area (Å²) in [6.45, 7) is 11.0. The molecule has 0 heterocycles. The fourth-order valence-corrected chi connectivity index (χ4v) is 8.82. The van der Waals surface area contributed by atoms with Gasteiger partial charge in [0.1, 0.15) is 12.8 Å². The molecule has 0 aliphatic carbocycles. The lowest BCUT2D eigenvalue weighted by atomic mass is 10.2. The van der Waals surface area contributed by atoms with Crippen LogP contribution in [0.5, 0.6) is 0 Å². The second-order valence-electron chi connectivity index (χ2n) is 9.65. The number of hydrogen-bond acceptors (Lipinski definition) is 3.